The van der Waals surface area contributed by atoms with E-state index in [0.717, 1.165) is 18.5 Å². The van der Waals surface area contributed by atoms with Gasteiger partial charge in [-0.1, -0.05) is 19.1 Å². The van der Waals surface area contributed by atoms with Crippen molar-refractivity contribution in [2.45, 2.75) is 32.9 Å². The molecule has 0 radical (unpaired) electrons. The van der Waals surface area contributed by atoms with Gasteiger partial charge in [0.15, 0.2) is 0 Å². The fourth-order valence-electron chi connectivity index (χ4n) is 1.13. The summed E-state index contributed by atoms with van der Waals surface area (Å²) in [5.74, 6) is 0. The second kappa shape index (κ2) is 5.41. The molecule has 2 nitrogen and oxygen atoms in total. The van der Waals surface area contributed by atoms with Crippen LogP contribution in [0.2, 0.25) is 0 Å². The first-order valence-corrected chi connectivity index (χ1v) is 4.98. The average Bonchev–Trinajstić information content (AvgIpc) is 2.26. The zero-order chi connectivity index (χ0) is 10.4. The highest BCUT2D eigenvalue weighted by atomic mass is 14.9. The molecule has 74 valence electrons. The van der Waals surface area contributed by atoms with Crippen LogP contribution in [0, 0.1) is 11.3 Å². The minimum Gasteiger partial charge on any atom is -0.310 e. The average molecular weight is 188 g/mol. The summed E-state index contributed by atoms with van der Waals surface area (Å²) < 4.78 is 0. The molecule has 0 aliphatic heterocycles. The summed E-state index contributed by atoms with van der Waals surface area (Å²) in [6.45, 7) is 5.21. The predicted molar refractivity (Wildman–Crippen MR) is 57.7 cm³/mol. The number of nitrogens with one attached hydrogen (secondary N) is 1. The van der Waals surface area contributed by atoms with Crippen LogP contribution in [0.25, 0.3) is 0 Å². The first-order chi connectivity index (χ1) is 6.76. The molecule has 1 N–H and O–H groups in total. The molecule has 0 saturated heterocycles. The maximum absolute atomic E-state index is 8.62. The first-order valence-electron chi connectivity index (χ1n) is 4.98. The van der Waals surface area contributed by atoms with Gasteiger partial charge in [-0.25, -0.2) is 0 Å². The third-order valence-corrected chi connectivity index (χ3v) is 2.35. The molecule has 0 fully saturated rings. The van der Waals surface area contributed by atoms with Crippen LogP contribution in [-0.4, -0.2) is 6.04 Å². The van der Waals surface area contributed by atoms with Crippen molar-refractivity contribution in [3.8, 4) is 6.07 Å². The molecule has 1 aromatic carbocycles. The van der Waals surface area contributed by atoms with Crippen LogP contribution < -0.4 is 5.32 Å². The van der Waals surface area contributed by atoms with Crippen LogP contribution in [0.1, 0.15) is 31.4 Å². The van der Waals surface area contributed by atoms with E-state index < -0.39 is 0 Å². The molecule has 1 atom stereocenters. The molecule has 0 bridgehead atoms. The van der Waals surface area contributed by atoms with Crippen molar-refractivity contribution in [3.05, 3.63) is 35.4 Å². The highest BCUT2D eigenvalue weighted by molar-refractivity contribution is 5.31. The molecule has 1 aromatic rings. The molecule has 0 aliphatic rings. The molecule has 1 rings (SSSR count). The van der Waals surface area contributed by atoms with Gasteiger partial charge in [-0.3, -0.25) is 0 Å². The minimum absolute atomic E-state index is 0.547. The van der Waals surface area contributed by atoms with Crippen LogP contribution in [0.5, 0.6) is 0 Å². The van der Waals surface area contributed by atoms with E-state index in [0.29, 0.717) is 6.04 Å². The predicted octanol–water partition coefficient (Wildman–Crippen LogP) is 2.45. The molecule has 0 heterocycles. The van der Waals surface area contributed by atoms with E-state index in [-0.39, 0.29) is 0 Å². The van der Waals surface area contributed by atoms with E-state index in [1.807, 2.05) is 24.3 Å². The molecule has 0 aromatic heterocycles. The zero-order valence-electron chi connectivity index (χ0n) is 8.75. The van der Waals surface area contributed by atoms with Gasteiger partial charge in [0.05, 0.1) is 11.6 Å². The number of hydrogen-bond acceptors (Lipinski definition) is 2. The Kier molecular flexibility index (Phi) is 4.15. The molecule has 0 amide bonds. The highest BCUT2D eigenvalue weighted by Gasteiger charge is 1.97. The van der Waals surface area contributed by atoms with Crippen molar-refractivity contribution in [2.75, 3.05) is 0 Å². The summed E-state index contributed by atoms with van der Waals surface area (Å²) in [6.07, 6.45) is 1.14. The summed E-state index contributed by atoms with van der Waals surface area (Å²) in [5.41, 5.74) is 1.95. The maximum Gasteiger partial charge on any atom is 0.0991 e. The van der Waals surface area contributed by atoms with Gasteiger partial charge in [-0.15, -0.1) is 0 Å². The zero-order valence-corrected chi connectivity index (χ0v) is 8.75. The van der Waals surface area contributed by atoms with Crippen LogP contribution in [0.4, 0.5) is 0 Å². The Hall–Kier alpha value is -1.33. The number of rotatable bonds is 4. The fraction of sp³-hybridized carbons (Fsp3) is 0.417. The Morgan fingerprint density at radius 3 is 2.50 bits per heavy atom. The Labute approximate surface area is 85.6 Å². The topological polar surface area (TPSA) is 35.8 Å². The lowest BCUT2D eigenvalue weighted by Crippen LogP contribution is -2.24. The monoisotopic (exact) mass is 188 g/mol. The van der Waals surface area contributed by atoms with Crippen LogP contribution in [0.15, 0.2) is 24.3 Å². The van der Waals surface area contributed by atoms with E-state index in [1.54, 1.807) is 0 Å². The second-order valence-corrected chi connectivity index (χ2v) is 3.50. The number of nitrogens with zero attached hydrogens (tertiary/aromatic N) is 1. The van der Waals surface area contributed by atoms with Gasteiger partial charge < -0.3 is 5.32 Å². The molecule has 0 saturated carbocycles. The smallest absolute Gasteiger partial charge is 0.0991 e. The van der Waals surface area contributed by atoms with Crippen molar-refractivity contribution < 1.29 is 0 Å². The molecule has 0 spiro atoms. The Balaban J connectivity index is 2.49. The summed E-state index contributed by atoms with van der Waals surface area (Å²) in [6, 6.07) is 10.4. The second-order valence-electron chi connectivity index (χ2n) is 3.50. The fourth-order valence-corrected chi connectivity index (χ4v) is 1.13. The van der Waals surface area contributed by atoms with Gasteiger partial charge in [-0.2, -0.15) is 5.26 Å². The van der Waals surface area contributed by atoms with Crippen LogP contribution in [0.3, 0.4) is 0 Å². The molecule has 0 aliphatic carbocycles. The molecular weight excluding hydrogens is 172 g/mol. The number of benzene rings is 1. The van der Waals surface area contributed by atoms with Crippen LogP contribution >= 0.6 is 0 Å². The van der Waals surface area contributed by atoms with Gasteiger partial charge in [0.1, 0.15) is 0 Å². The van der Waals surface area contributed by atoms with Gasteiger partial charge >= 0.3 is 0 Å². The minimum atomic E-state index is 0.547. The van der Waals surface area contributed by atoms with Gasteiger partial charge in [0, 0.05) is 12.6 Å². The summed E-state index contributed by atoms with van der Waals surface area (Å²) >= 11 is 0. The standard InChI is InChI=1S/C12H16N2/c1-3-10(2)14-9-12-6-4-11(8-13)5-7-12/h4-7,10,14H,3,9H2,1-2H3/t10-/m1/s1. The summed E-state index contributed by atoms with van der Waals surface area (Å²) in [7, 11) is 0. The van der Waals surface area contributed by atoms with Crippen molar-refractivity contribution in [3.63, 3.8) is 0 Å². The summed E-state index contributed by atoms with van der Waals surface area (Å²) in [5, 5.41) is 12.0. The van der Waals surface area contributed by atoms with Crippen LogP contribution in [-0.2, 0) is 6.54 Å². The Bertz CT molecular complexity index is 308. The lowest BCUT2D eigenvalue weighted by atomic mass is 10.1. The lowest BCUT2D eigenvalue weighted by molar-refractivity contribution is 0.534. The van der Waals surface area contributed by atoms with E-state index in [1.165, 1.54) is 5.56 Å². The molecular formula is C12H16N2. The van der Waals surface area contributed by atoms with E-state index in [2.05, 4.69) is 25.2 Å². The summed E-state index contributed by atoms with van der Waals surface area (Å²) in [4.78, 5) is 0. The number of nitriles is 1. The lowest BCUT2D eigenvalue weighted by Gasteiger charge is -2.10. The van der Waals surface area contributed by atoms with E-state index >= 15 is 0 Å². The number of hydrogen-bond donors (Lipinski definition) is 1. The van der Waals surface area contributed by atoms with Crippen molar-refractivity contribution in [2.24, 2.45) is 0 Å². The van der Waals surface area contributed by atoms with Gasteiger partial charge in [-0.05, 0) is 31.0 Å². The largest absolute Gasteiger partial charge is 0.310 e. The Morgan fingerprint density at radius 2 is 2.00 bits per heavy atom. The molecule has 14 heavy (non-hydrogen) atoms. The van der Waals surface area contributed by atoms with E-state index in [9.17, 15) is 0 Å². The quantitative estimate of drug-likeness (QED) is 0.787. The van der Waals surface area contributed by atoms with Crippen molar-refractivity contribution in [1.29, 1.82) is 5.26 Å². The first kappa shape index (κ1) is 10.7. The normalized spacial score (nSPS) is 12.1. The highest BCUT2D eigenvalue weighted by Crippen LogP contribution is 2.03. The SMILES string of the molecule is CC[C@@H](C)NCc1ccc(C#N)cc1. The molecule has 0 unspecified atom stereocenters. The van der Waals surface area contributed by atoms with E-state index in [4.69, 9.17) is 5.26 Å². The Morgan fingerprint density at radius 1 is 1.36 bits per heavy atom. The van der Waals surface area contributed by atoms with Crippen molar-refractivity contribution in [1.82, 2.24) is 5.32 Å². The third kappa shape index (κ3) is 3.20. The molecule has 2 heteroatoms. The van der Waals surface area contributed by atoms with Crippen molar-refractivity contribution >= 4 is 0 Å². The van der Waals surface area contributed by atoms with Gasteiger partial charge in [0.2, 0.25) is 0 Å². The third-order valence-electron chi connectivity index (χ3n) is 2.35. The maximum atomic E-state index is 8.62. The van der Waals surface area contributed by atoms with Gasteiger partial charge in [0.25, 0.3) is 0 Å².